The van der Waals surface area contributed by atoms with Crippen LogP contribution in [0, 0.1) is 0 Å². The predicted molar refractivity (Wildman–Crippen MR) is 77.5 cm³/mol. The van der Waals surface area contributed by atoms with Crippen molar-refractivity contribution in [2.45, 2.75) is 33.4 Å². The van der Waals surface area contributed by atoms with E-state index in [-0.39, 0.29) is 0 Å². The van der Waals surface area contributed by atoms with Gasteiger partial charge in [-0.15, -0.1) is 0 Å². The van der Waals surface area contributed by atoms with Gasteiger partial charge in [-0.2, -0.15) is 0 Å². The van der Waals surface area contributed by atoms with E-state index >= 15 is 0 Å². The van der Waals surface area contributed by atoms with Crippen LogP contribution in [0.25, 0.3) is 0 Å². The highest BCUT2D eigenvalue weighted by Crippen LogP contribution is 2.04. The number of hydrogen-bond acceptors (Lipinski definition) is 3. The molecule has 1 aromatic rings. The smallest absolute Gasteiger partial charge is 0.335 e. The Hall–Kier alpha value is -1.39. The fourth-order valence-corrected chi connectivity index (χ4v) is 2.17. The molecular formula is C15H24N2O2. The molecule has 0 unspecified atom stereocenters. The molecule has 19 heavy (non-hydrogen) atoms. The van der Waals surface area contributed by atoms with Gasteiger partial charge in [-0.05, 0) is 37.7 Å². The molecule has 4 nitrogen and oxygen atoms in total. The van der Waals surface area contributed by atoms with E-state index in [1.54, 1.807) is 12.1 Å². The van der Waals surface area contributed by atoms with Gasteiger partial charge in [0.1, 0.15) is 0 Å². The minimum absolute atomic E-state index is 0.334. The lowest BCUT2D eigenvalue weighted by Crippen LogP contribution is -2.39. The van der Waals surface area contributed by atoms with E-state index in [1.165, 1.54) is 0 Å². The zero-order valence-corrected chi connectivity index (χ0v) is 12.0. The molecule has 2 N–H and O–H groups in total. The lowest BCUT2D eigenvalue weighted by Gasteiger charge is -2.26. The summed E-state index contributed by atoms with van der Waals surface area (Å²) in [6, 6.07) is 7.52. The van der Waals surface area contributed by atoms with Gasteiger partial charge in [0.2, 0.25) is 0 Å². The fourth-order valence-electron chi connectivity index (χ4n) is 2.17. The highest BCUT2D eigenvalue weighted by atomic mass is 16.4. The molecule has 0 aliphatic rings. The first-order valence-corrected chi connectivity index (χ1v) is 6.85. The van der Waals surface area contributed by atoms with Crippen LogP contribution in [0.4, 0.5) is 0 Å². The topological polar surface area (TPSA) is 52.6 Å². The van der Waals surface area contributed by atoms with Crippen LogP contribution in [0.15, 0.2) is 24.3 Å². The number of hydrogen-bond donors (Lipinski definition) is 2. The maximum Gasteiger partial charge on any atom is 0.335 e. The number of carboxylic acids is 1. The monoisotopic (exact) mass is 264 g/mol. The van der Waals surface area contributed by atoms with Crippen molar-refractivity contribution < 1.29 is 9.90 Å². The molecule has 0 aliphatic heterocycles. The van der Waals surface area contributed by atoms with Crippen molar-refractivity contribution in [1.29, 1.82) is 0 Å². The third kappa shape index (κ3) is 5.01. The second kappa shape index (κ2) is 7.92. The number of rotatable bonds is 8. The molecule has 0 radical (unpaired) electrons. The molecule has 1 aromatic carbocycles. The molecule has 4 heteroatoms. The Bertz CT molecular complexity index is 386. The molecule has 1 rings (SSSR count). The molecule has 0 saturated heterocycles. The van der Waals surface area contributed by atoms with Gasteiger partial charge in [0.25, 0.3) is 0 Å². The average Bonchev–Trinajstić information content (AvgIpc) is 2.40. The number of benzene rings is 1. The van der Waals surface area contributed by atoms with Gasteiger partial charge in [0, 0.05) is 19.1 Å². The third-order valence-electron chi connectivity index (χ3n) is 3.41. The van der Waals surface area contributed by atoms with Gasteiger partial charge < -0.3 is 10.4 Å². The first-order valence-electron chi connectivity index (χ1n) is 6.85. The van der Waals surface area contributed by atoms with Gasteiger partial charge in [-0.1, -0.05) is 26.0 Å². The van der Waals surface area contributed by atoms with Crippen molar-refractivity contribution in [2.75, 3.05) is 19.6 Å². The first-order chi connectivity index (χ1) is 9.08. The number of likely N-dealkylation sites (N-methyl/N-ethyl adjacent to an activating group) is 1. The quantitative estimate of drug-likeness (QED) is 0.756. The molecule has 1 atom stereocenters. The van der Waals surface area contributed by atoms with E-state index in [9.17, 15) is 4.79 Å². The van der Waals surface area contributed by atoms with Crippen LogP contribution in [0.5, 0.6) is 0 Å². The Morgan fingerprint density at radius 2 is 1.84 bits per heavy atom. The second-order valence-electron chi connectivity index (χ2n) is 4.70. The normalized spacial score (nSPS) is 12.6. The molecule has 0 heterocycles. The van der Waals surface area contributed by atoms with Crippen molar-refractivity contribution in [3.8, 4) is 0 Å². The summed E-state index contributed by atoms with van der Waals surface area (Å²) in [6.45, 7) is 10.4. The SMILES string of the molecule is CCN(CC)[C@H](C)CNCc1ccc(C(=O)O)cc1. The van der Waals surface area contributed by atoms with Crippen LogP contribution in [0.1, 0.15) is 36.7 Å². The Balaban J connectivity index is 2.38. The minimum Gasteiger partial charge on any atom is -0.478 e. The van der Waals surface area contributed by atoms with Crippen LogP contribution in [-0.4, -0.2) is 41.7 Å². The first kappa shape index (κ1) is 15.7. The summed E-state index contributed by atoms with van der Waals surface area (Å²) in [4.78, 5) is 13.1. The largest absolute Gasteiger partial charge is 0.478 e. The van der Waals surface area contributed by atoms with Crippen LogP contribution in [0.3, 0.4) is 0 Å². The van der Waals surface area contributed by atoms with Crippen LogP contribution >= 0.6 is 0 Å². The zero-order valence-electron chi connectivity index (χ0n) is 12.0. The number of aromatic carboxylic acids is 1. The number of carboxylic acid groups (broad SMARTS) is 1. The highest BCUT2D eigenvalue weighted by Gasteiger charge is 2.09. The lowest BCUT2D eigenvalue weighted by atomic mass is 10.1. The molecule has 0 aromatic heterocycles. The van der Waals surface area contributed by atoms with E-state index in [4.69, 9.17) is 5.11 Å². The van der Waals surface area contributed by atoms with Crippen molar-refractivity contribution >= 4 is 5.97 Å². The number of nitrogens with one attached hydrogen (secondary N) is 1. The molecule has 0 spiro atoms. The van der Waals surface area contributed by atoms with Crippen molar-refractivity contribution in [3.05, 3.63) is 35.4 Å². The highest BCUT2D eigenvalue weighted by molar-refractivity contribution is 5.87. The van der Waals surface area contributed by atoms with Gasteiger partial charge in [0.15, 0.2) is 0 Å². The molecule has 0 amide bonds. The Kier molecular flexibility index (Phi) is 6.53. The number of nitrogens with zero attached hydrogens (tertiary/aromatic N) is 1. The van der Waals surface area contributed by atoms with Crippen LogP contribution in [0.2, 0.25) is 0 Å². The molecular weight excluding hydrogens is 240 g/mol. The molecule has 0 bridgehead atoms. The summed E-state index contributed by atoms with van der Waals surface area (Å²) in [7, 11) is 0. The summed E-state index contributed by atoms with van der Waals surface area (Å²) in [6.07, 6.45) is 0. The van der Waals surface area contributed by atoms with E-state index in [0.717, 1.165) is 31.7 Å². The fraction of sp³-hybridized carbons (Fsp3) is 0.533. The average molecular weight is 264 g/mol. The van der Waals surface area contributed by atoms with Crippen LogP contribution < -0.4 is 5.32 Å². The van der Waals surface area contributed by atoms with E-state index in [1.807, 2.05) is 12.1 Å². The number of carbonyl (C=O) groups is 1. The summed E-state index contributed by atoms with van der Waals surface area (Å²) in [5.41, 5.74) is 1.44. The molecule has 0 fully saturated rings. The van der Waals surface area contributed by atoms with E-state index in [0.29, 0.717) is 11.6 Å². The molecule has 106 valence electrons. The Labute approximate surface area is 115 Å². The van der Waals surface area contributed by atoms with Gasteiger partial charge in [0.05, 0.1) is 5.56 Å². The summed E-state index contributed by atoms with van der Waals surface area (Å²) in [5, 5.41) is 12.2. The maximum atomic E-state index is 10.7. The Morgan fingerprint density at radius 1 is 1.26 bits per heavy atom. The van der Waals surface area contributed by atoms with E-state index in [2.05, 4.69) is 31.0 Å². The molecule has 0 aliphatic carbocycles. The third-order valence-corrected chi connectivity index (χ3v) is 3.41. The Morgan fingerprint density at radius 3 is 2.32 bits per heavy atom. The molecule has 0 saturated carbocycles. The summed E-state index contributed by atoms with van der Waals surface area (Å²) < 4.78 is 0. The van der Waals surface area contributed by atoms with Gasteiger partial charge in [-0.3, -0.25) is 4.90 Å². The van der Waals surface area contributed by atoms with Crippen LogP contribution in [-0.2, 0) is 6.54 Å². The minimum atomic E-state index is -0.880. The van der Waals surface area contributed by atoms with E-state index < -0.39 is 5.97 Å². The van der Waals surface area contributed by atoms with Crippen molar-refractivity contribution in [3.63, 3.8) is 0 Å². The lowest BCUT2D eigenvalue weighted by molar-refractivity contribution is 0.0697. The summed E-state index contributed by atoms with van der Waals surface area (Å²) in [5.74, 6) is -0.880. The van der Waals surface area contributed by atoms with Crippen molar-refractivity contribution in [1.82, 2.24) is 10.2 Å². The van der Waals surface area contributed by atoms with Gasteiger partial charge in [-0.25, -0.2) is 4.79 Å². The summed E-state index contributed by atoms with van der Waals surface area (Å²) >= 11 is 0. The van der Waals surface area contributed by atoms with Crippen molar-refractivity contribution in [2.24, 2.45) is 0 Å². The maximum absolute atomic E-state index is 10.7. The second-order valence-corrected chi connectivity index (χ2v) is 4.70. The predicted octanol–water partition coefficient (Wildman–Crippen LogP) is 2.20. The van der Waals surface area contributed by atoms with Gasteiger partial charge >= 0.3 is 5.97 Å². The standard InChI is InChI=1S/C15H24N2O2/c1-4-17(5-2)12(3)10-16-11-13-6-8-14(9-7-13)15(18)19/h6-9,12,16H,4-5,10-11H2,1-3H3,(H,18,19)/t12-/m1/s1. The zero-order chi connectivity index (χ0) is 14.3.